The molecule has 82 valence electrons. The van der Waals surface area contributed by atoms with Gasteiger partial charge in [-0.25, -0.2) is 0 Å². The van der Waals surface area contributed by atoms with Crippen LogP contribution >= 0.6 is 0 Å². The van der Waals surface area contributed by atoms with Gasteiger partial charge in [0.25, 0.3) is 0 Å². The average Bonchev–Trinajstić information content (AvgIpc) is 2.21. The van der Waals surface area contributed by atoms with Crippen LogP contribution in [0.5, 0.6) is 0 Å². The van der Waals surface area contributed by atoms with Crippen molar-refractivity contribution < 1.29 is 0 Å². The molecule has 0 fully saturated rings. The largest absolute Gasteiger partial charge is 0.198 e. The summed E-state index contributed by atoms with van der Waals surface area (Å²) in [6.07, 6.45) is 13.0. The molecule has 1 nitrogen and oxygen atoms in total. The summed E-state index contributed by atoms with van der Waals surface area (Å²) in [6.45, 7) is 0. The van der Waals surface area contributed by atoms with E-state index >= 15 is 0 Å². The van der Waals surface area contributed by atoms with Crippen LogP contribution in [0.4, 0.5) is 0 Å². The second-order valence-corrected chi connectivity index (χ2v) is 5.09. The Bertz CT molecular complexity index is 140. The molecule has 0 amide bonds. The van der Waals surface area contributed by atoms with Crippen molar-refractivity contribution in [2.45, 2.75) is 70.3 Å². The van der Waals surface area contributed by atoms with Crippen LogP contribution in [-0.2, 0) is 0 Å². The van der Waals surface area contributed by atoms with Gasteiger partial charge in [-0.15, -0.1) is 0 Å². The predicted molar refractivity (Wildman–Crippen MR) is 66.5 cm³/mol. The van der Waals surface area contributed by atoms with Gasteiger partial charge in [0.1, 0.15) is 0 Å². The Kier molecular flexibility index (Phi) is 12.4. The second-order valence-electron chi connectivity index (χ2n) is 4.09. The van der Waals surface area contributed by atoms with Gasteiger partial charge in [0.2, 0.25) is 0 Å². The van der Waals surface area contributed by atoms with E-state index in [9.17, 15) is 0 Å². The molecule has 0 saturated carbocycles. The van der Waals surface area contributed by atoms with Crippen molar-refractivity contribution in [3.05, 3.63) is 0 Å². The summed E-state index contributed by atoms with van der Waals surface area (Å²) in [5.41, 5.74) is 0. The lowest BCUT2D eigenvalue weighted by molar-refractivity contribution is 0.567. The summed E-state index contributed by atoms with van der Waals surface area (Å²) >= 11 is 0. The molecule has 14 heavy (non-hydrogen) atoms. The van der Waals surface area contributed by atoms with Gasteiger partial charge < -0.3 is 0 Å². The zero-order valence-corrected chi connectivity index (χ0v) is 11.7. The van der Waals surface area contributed by atoms with E-state index in [1.807, 2.05) is 0 Å². The zero-order valence-electron chi connectivity index (χ0n) is 9.73. The number of nitriles is 1. The maximum Gasteiger partial charge on any atom is 0.0621 e. The Morgan fingerprint density at radius 2 is 1.14 bits per heavy atom. The highest BCUT2D eigenvalue weighted by atomic mass is 28.1. The highest BCUT2D eigenvalue weighted by molar-refractivity contribution is 6.08. The normalized spacial score (nSPS) is 10.2. The summed E-state index contributed by atoms with van der Waals surface area (Å²) in [4.78, 5) is 0. The van der Waals surface area contributed by atoms with Gasteiger partial charge in [0.15, 0.2) is 0 Å². The van der Waals surface area contributed by atoms with Crippen molar-refractivity contribution in [1.82, 2.24) is 0 Å². The Labute approximate surface area is 92.3 Å². The van der Waals surface area contributed by atoms with Crippen molar-refractivity contribution in [3.63, 3.8) is 0 Å². The fraction of sp³-hybridized carbons (Fsp3) is 0.917. The molecule has 0 unspecified atom stereocenters. The van der Waals surface area contributed by atoms with Gasteiger partial charge in [-0.05, 0) is 6.42 Å². The van der Waals surface area contributed by atoms with Crippen LogP contribution in [0.25, 0.3) is 0 Å². The molecule has 0 saturated heterocycles. The average molecular weight is 211 g/mol. The highest BCUT2D eigenvalue weighted by Crippen LogP contribution is 2.10. The minimum atomic E-state index is 0.750. The first kappa shape index (κ1) is 13.7. The van der Waals surface area contributed by atoms with E-state index in [-0.39, 0.29) is 0 Å². The first-order valence-corrected chi connectivity index (χ1v) is 7.70. The van der Waals surface area contributed by atoms with E-state index < -0.39 is 0 Å². The monoisotopic (exact) mass is 211 g/mol. The molecule has 0 aromatic heterocycles. The maximum atomic E-state index is 8.34. The topological polar surface area (TPSA) is 23.8 Å². The van der Waals surface area contributed by atoms with E-state index in [1.165, 1.54) is 67.7 Å². The van der Waals surface area contributed by atoms with E-state index in [0.29, 0.717) is 0 Å². The first-order valence-electron chi connectivity index (χ1n) is 6.28. The van der Waals surface area contributed by atoms with Crippen LogP contribution in [0, 0.1) is 11.3 Å². The number of hydrogen-bond acceptors (Lipinski definition) is 1. The van der Waals surface area contributed by atoms with E-state index in [4.69, 9.17) is 5.26 Å². The number of hydrogen-bond donors (Lipinski definition) is 0. The Morgan fingerprint density at radius 1 is 0.714 bits per heavy atom. The molecule has 0 radical (unpaired) electrons. The molecule has 0 aliphatic heterocycles. The molecular weight excluding hydrogens is 186 g/mol. The quantitative estimate of drug-likeness (QED) is 0.402. The van der Waals surface area contributed by atoms with E-state index in [1.54, 1.807) is 0 Å². The van der Waals surface area contributed by atoms with Crippen molar-refractivity contribution in [3.8, 4) is 6.07 Å². The Balaban J connectivity index is 2.82. The van der Waals surface area contributed by atoms with Crippen molar-refractivity contribution in [1.29, 1.82) is 5.26 Å². The fourth-order valence-corrected chi connectivity index (χ4v) is 2.19. The second kappa shape index (κ2) is 12.7. The molecule has 2 heteroatoms. The summed E-state index contributed by atoms with van der Waals surface area (Å²) in [5, 5.41) is 8.34. The standard InChI is InChI=1S/C12H25NSi/c13-11-9-7-5-3-1-2-4-6-8-10-12-14/h1-10,12H2,14H3. The van der Waals surface area contributed by atoms with Crippen LogP contribution in [0.1, 0.15) is 64.2 Å². The molecule has 0 rings (SSSR count). The minimum absolute atomic E-state index is 0.750. The van der Waals surface area contributed by atoms with Gasteiger partial charge in [0.05, 0.1) is 6.07 Å². The van der Waals surface area contributed by atoms with Gasteiger partial charge >= 0.3 is 0 Å². The third-order valence-electron chi connectivity index (χ3n) is 2.64. The van der Waals surface area contributed by atoms with Crippen LogP contribution in [0.15, 0.2) is 0 Å². The molecule has 0 aliphatic rings. The van der Waals surface area contributed by atoms with Gasteiger partial charge in [0, 0.05) is 16.7 Å². The summed E-state index contributed by atoms with van der Waals surface area (Å²) in [6, 6.07) is 3.68. The predicted octanol–water partition coefficient (Wildman–Crippen LogP) is 3.19. The SMILES string of the molecule is N#CCCCCCCCCCCC[SiH3]. The first-order chi connectivity index (χ1) is 6.91. The number of nitrogens with zero attached hydrogens (tertiary/aromatic N) is 1. The number of rotatable bonds is 10. The Hall–Kier alpha value is -0.293. The summed E-state index contributed by atoms with van der Waals surface area (Å²) in [7, 11) is 1.38. The highest BCUT2D eigenvalue weighted by Gasteiger charge is 1.91. The smallest absolute Gasteiger partial charge is 0.0621 e. The van der Waals surface area contributed by atoms with Crippen molar-refractivity contribution in [2.24, 2.45) is 0 Å². The molecule has 0 aromatic carbocycles. The summed E-state index contributed by atoms with van der Waals surface area (Å²) < 4.78 is 0. The van der Waals surface area contributed by atoms with Crippen LogP contribution in [0.2, 0.25) is 6.04 Å². The van der Waals surface area contributed by atoms with Crippen LogP contribution < -0.4 is 0 Å². The lowest BCUT2D eigenvalue weighted by Crippen LogP contribution is -1.81. The molecule has 0 atom stereocenters. The molecule has 0 N–H and O–H groups in total. The zero-order chi connectivity index (χ0) is 10.5. The van der Waals surface area contributed by atoms with Gasteiger partial charge in [-0.2, -0.15) is 5.26 Å². The molecule has 0 spiro atoms. The van der Waals surface area contributed by atoms with Crippen molar-refractivity contribution in [2.75, 3.05) is 0 Å². The third kappa shape index (κ3) is 11.7. The Morgan fingerprint density at radius 3 is 1.57 bits per heavy atom. The lowest BCUT2D eigenvalue weighted by Gasteiger charge is -2.00. The molecule has 0 heterocycles. The molecule has 0 bridgehead atoms. The van der Waals surface area contributed by atoms with Gasteiger partial charge in [-0.1, -0.05) is 57.4 Å². The van der Waals surface area contributed by atoms with E-state index in [0.717, 1.165) is 12.8 Å². The third-order valence-corrected chi connectivity index (χ3v) is 3.35. The van der Waals surface area contributed by atoms with Crippen molar-refractivity contribution >= 4 is 10.2 Å². The van der Waals surface area contributed by atoms with Gasteiger partial charge in [-0.3, -0.25) is 0 Å². The van der Waals surface area contributed by atoms with Crippen LogP contribution in [-0.4, -0.2) is 10.2 Å². The molecule has 0 aromatic rings. The summed E-state index contributed by atoms with van der Waals surface area (Å²) in [5.74, 6) is 0. The lowest BCUT2D eigenvalue weighted by atomic mass is 10.1. The molecule has 0 aliphatic carbocycles. The van der Waals surface area contributed by atoms with E-state index in [2.05, 4.69) is 6.07 Å². The fourth-order valence-electron chi connectivity index (χ4n) is 1.69. The number of unbranched alkanes of at least 4 members (excludes halogenated alkanes) is 9. The van der Waals surface area contributed by atoms with Crippen LogP contribution in [0.3, 0.4) is 0 Å². The maximum absolute atomic E-state index is 8.34. The molecular formula is C12H25NSi. The minimum Gasteiger partial charge on any atom is -0.198 e.